The first-order chi connectivity index (χ1) is 17.0. The van der Waals surface area contributed by atoms with Crippen LogP contribution in [0.25, 0.3) is 50.0 Å². The molecule has 0 aliphatic rings. The van der Waals surface area contributed by atoms with Crippen LogP contribution >= 0.6 is 0 Å². The third-order valence-corrected chi connectivity index (χ3v) is 7.32. The molecule has 0 fully saturated rings. The van der Waals surface area contributed by atoms with E-state index in [0.717, 1.165) is 33.3 Å². The summed E-state index contributed by atoms with van der Waals surface area (Å²) in [4.78, 5) is 0. The summed E-state index contributed by atoms with van der Waals surface area (Å²) in [6, 6.07) is 27.9. The zero-order valence-corrected chi connectivity index (χ0v) is 20.7. The molecule has 1 unspecified atom stereocenters. The van der Waals surface area contributed by atoms with Crippen LogP contribution in [0.2, 0.25) is 0 Å². The fourth-order valence-electron chi connectivity index (χ4n) is 5.52. The van der Waals surface area contributed by atoms with Gasteiger partial charge in [-0.15, -0.1) is 6.58 Å². The molecule has 0 spiro atoms. The molecule has 0 saturated carbocycles. The van der Waals surface area contributed by atoms with Crippen LogP contribution in [0.5, 0.6) is 0 Å². The highest BCUT2D eigenvalue weighted by atomic mass is 16.3. The predicted octanol–water partition coefficient (Wildman–Crippen LogP) is 7.93. The summed E-state index contributed by atoms with van der Waals surface area (Å²) >= 11 is 0. The second-order valence-electron chi connectivity index (χ2n) is 9.48. The van der Waals surface area contributed by atoms with Crippen LogP contribution in [0.4, 0.5) is 0 Å². The second kappa shape index (κ2) is 7.99. The smallest absolute Gasteiger partial charge is 0.299 e. The normalized spacial score (nSPS) is 12.6. The highest BCUT2D eigenvalue weighted by Gasteiger charge is 2.33. The van der Waals surface area contributed by atoms with Gasteiger partial charge in [0.15, 0.2) is 16.6 Å². The largest absolute Gasteiger partial charge is 0.455 e. The van der Waals surface area contributed by atoms with Gasteiger partial charge < -0.3 is 4.42 Å². The number of hydrogen-bond acceptors (Lipinski definition) is 1. The number of fused-ring (bicyclic) bond motifs is 4. The van der Waals surface area contributed by atoms with E-state index < -0.39 is 0 Å². The molecule has 3 nitrogen and oxygen atoms in total. The lowest BCUT2D eigenvalue weighted by Gasteiger charge is -2.14. The summed E-state index contributed by atoms with van der Waals surface area (Å²) < 4.78 is 11.3. The molecule has 0 N–H and O–H groups in total. The standard InChI is InChI=1S/C32H29N2O/c1-6-20(2)23-18-19-25-24-14-7-10-17-28(24)35-31(25)29(23)32-33(5)26-15-8-9-16-27(26)34(32)30-21(3)12-11-13-22(30)4/h6-20H,1H2,2-5H3/q+1. The number of rotatable bonds is 4. The maximum atomic E-state index is 6.61. The lowest BCUT2D eigenvalue weighted by molar-refractivity contribution is -0.633. The summed E-state index contributed by atoms with van der Waals surface area (Å²) in [6.45, 7) is 10.7. The van der Waals surface area contributed by atoms with Crippen molar-refractivity contribution in [1.29, 1.82) is 0 Å². The van der Waals surface area contributed by atoms with Crippen LogP contribution in [0, 0.1) is 13.8 Å². The van der Waals surface area contributed by atoms with Gasteiger partial charge in [0, 0.05) is 10.8 Å². The number of allylic oxidation sites excluding steroid dienone is 1. The molecular weight excluding hydrogens is 428 g/mol. The average molecular weight is 458 g/mol. The summed E-state index contributed by atoms with van der Waals surface area (Å²) in [5, 5.41) is 2.27. The average Bonchev–Trinajstić information content (AvgIpc) is 3.39. The molecule has 0 amide bonds. The molecule has 0 radical (unpaired) electrons. The third-order valence-electron chi connectivity index (χ3n) is 7.32. The maximum Gasteiger partial charge on any atom is 0.299 e. The molecule has 0 aliphatic carbocycles. The van der Waals surface area contributed by atoms with Crippen LogP contribution in [-0.4, -0.2) is 4.57 Å². The van der Waals surface area contributed by atoms with Crippen LogP contribution in [0.1, 0.15) is 29.5 Å². The van der Waals surface area contributed by atoms with Crippen molar-refractivity contribution in [2.75, 3.05) is 0 Å². The van der Waals surface area contributed by atoms with Gasteiger partial charge in [-0.25, -0.2) is 4.57 Å². The van der Waals surface area contributed by atoms with E-state index in [0.29, 0.717) is 0 Å². The van der Waals surface area contributed by atoms with E-state index in [9.17, 15) is 0 Å². The van der Waals surface area contributed by atoms with Crippen molar-refractivity contribution in [1.82, 2.24) is 4.57 Å². The third kappa shape index (κ3) is 3.08. The molecule has 35 heavy (non-hydrogen) atoms. The van der Waals surface area contributed by atoms with Gasteiger partial charge in [0.05, 0.1) is 7.05 Å². The quantitative estimate of drug-likeness (QED) is 0.195. The lowest BCUT2D eigenvalue weighted by Crippen LogP contribution is -2.30. The van der Waals surface area contributed by atoms with Gasteiger partial charge in [-0.05, 0) is 54.7 Å². The first-order valence-corrected chi connectivity index (χ1v) is 12.1. The van der Waals surface area contributed by atoms with E-state index in [-0.39, 0.29) is 5.92 Å². The van der Waals surface area contributed by atoms with E-state index in [1.165, 1.54) is 33.4 Å². The van der Waals surface area contributed by atoms with Gasteiger partial charge in [-0.3, -0.25) is 0 Å². The molecule has 0 saturated heterocycles. The SMILES string of the molecule is C=CC(C)c1ccc2c(oc3ccccc32)c1-c1n(-c2c(C)cccc2C)c2ccccc2[n+]1C. The number of imidazole rings is 1. The minimum absolute atomic E-state index is 0.159. The molecule has 2 aromatic heterocycles. The lowest BCUT2D eigenvalue weighted by atomic mass is 9.93. The van der Waals surface area contributed by atoms with Gasteiger partial charge in [-0.2, -0.15) is 4.57 Å². The number of para-hydroxylation sites is 4. The van der Waals surface area contributed by atoms with E-state index in [1.807, 2.05) is 12.1 Å². The number of hydrogen-bond donors (Lipinski definition) is 0. The molecule has 2 heterocycles. The Labute approximate surface area is 205 Å². The Bertz CT molecular complexity index is 1750. The zero-order chi connectivity index (χ0) is 24.3. The van der Waals surface area contributed by atoms with Crippen LogP contribution in [0.15, 0.2) is 95.9 Å². The van der Waals surface area contributed by atoms with Crippen molar-refractivity contribution >= 4 is 33.0 Å². The number of aromatic nitrogens is 2. The summed E-state index contributed by atoms with van der Waals surface area (Å²) in [5.41, 5.74) is 10.2. The van der Waals surface area contributed by atoms with Crippen molar-refractivity contribution in [2.24, 2.45) is 7.05 Å². The minimum Gasteiger partial charge on any atom is -0.455 e. The van der Waals surface area contributed by atoms with E-state index in [2.05, 4.69) is 116 Å². The zero-order valence-electron chi connectivity index (χ0n) is 20.7. The van der Waals surface area contributed by atoms with Gasteiger partial charge in [0.1, 0.15) is 16.8 Å². The molecule has 172 valence electrons. The predicted molar refractivity (Wildman–Crippen MR) is 145 cm³/mol. The van der Waals surface area contributed by atoms with Crippen molar-refractivity contribution in [3.05, 3.63) is 108 Å². The first kappa shape index (κ1) is 21.4. The Morgan fingerprint density at radius 1 is 0.857 bits per heavy atom. The van der Waals surface area contributed by atoms with Crippen molar-refractivity contribution in [3.63, 3.8) is 0 Å². The Kier molecular flexibility index (Phi) is 4.89. The van der Waals surface area contributed by atoms with E-state index in [4.69, 9.17) is 4.42 Å². The van der Waals surface area contributed by atoms with Crippen LogP contribution in [0.3, 0.4) is 0 Å². The van der Waals surface area contributed by atoms with Crippen LogP contribution < -0.4 is 4.57 Å². The molecule has 3 heteroatoms. The molecule has 4 aromatic carbocycles. The number of benzene rings is 4. The van der Waals surface area contributed by atoms with E-state index in [1.54, 1.807) is 0 Å². The van der Waals surface area contributed by atoms with Crippen LogP contribution in [-0.2, 0) is 7.05 Å². The van der Waals surface area contributed by atoms with Gasteiger partial charge in [0.25, 0.3) is 5.82 Å². The minimum atomic E-state index is 0.159. The maximum absolute atomic E-state index is 6.61. The number of nitrogens with zero attached hydrogens (tertiary/aromatic N) is 2. The topological polar surface area (TPSA) is 21.9 Å². The highest BCUT2D eigenvalue weighted by Crippen LogP contribution is 2.42. The molecule has 0 aliphatic heterocycles. The fraction of sp³-hybridized carbons (Fsp3) is 0.156. The molecule has 6 rings (SSSR count). The Hall–Kier alpha value is -4.11. The highest BCUT2D eigenvalue weighted by molar-refractivity contribution is 6.10. The van der Waals surface area contributed by atoms with Gasteiger partial charge in [-0.1, -0.05) is 73.7 Å². The monoisotopic (exact) mass is 457 g/mol. The van der Waals surface area contributed by atoms with Crippen molar-refractivity contribution < 1.29 is 8.98 Å². The van der Waals surface area contributed by atoms with Gasteiger partial charge in [0.2, 0.25) is 0 Å². The first-order valence-electron chi connectivity index (χ1n) is 12.1. The molecule has 0 bridgehead atoms. The molecule has 6 aromatic rings. The Morgan fingerprint density at radius 2 is 1.57 bits per heavy atom. The summed E-state index contributed by atoms with van der Waals surface area (Å²) in [5.74, 6) is 1.27. The van der Waals surface area contributed by atoms with Crippen molar-refractivity contribution in [2.45, 2.75) is 26.7 Å². The van der Waals surface area contributed by atoms with Crippen molar-refractivity contribution in [3.8, 4) is 17.1 Å². The second-order valence-corrected chi connectivity index (χ2v) is 9.48. The van der Waals surface area contributed by atoms with E-state index >= 15 is 0 Å². The number of aryl methyl sites for hydroxylation is 3. The summed E-state index contributed by atoms with van der Waals surface area (Å²) in [7, 11) is 2.16. The molecular formula is C32H29N2O+. The number of furan rings is 1. The Morgan fingerprint density at radius 3 is 2.34 bits per heavy atom. The Balaban J connectivity index is 1.86. The molecule has 1 atom stereocenters. The van der Waals surface area contributed by atoms with Gasteiger partial charge >= 0.3 is 0 Å². The fourth-order valence-corrected chi connectivity index (χ4v) is 5.52. The summed E-state index contributed by atoms with van der Waals surface area (Å²) in [6.07, 6.45) is 2.01.